The smallest absolute Gasteiger partial charge is 0.338 e. The molecule has 218 valence electrons. The summed E-state index contributed by atoms with van der Waals surface area (Å²) < 4.78 is 29.0. The number of ether oxygens (including phenoxy) is 5. The van der Waals surface area contributed by atoms with Gasteiger partial charge in [-0.25, -0.2) is 19.2 Å². The first-order chi connectivity index (χ1) is 21.0. The Kier molecular flexibility index (Phi) is 9.56. The molecule has 9 heteroatoms. The number of hydrogen-bond donors (Lipinski definition) is 0. The Bertz CT molecular complexity index is 1530. The van der Waals surface area contributed by atoms with Crippen LogP contribution in [0.5, 0.6) is 0 Å². The Morgan fingerprint density at radius 3 is 1.33 bits per heavy atom. The predicted octanol–water partition coefficient (Wildman–Crippen LogP) is 4.92. The third-order valence-electron chi connectivity index (χ3n) is 6.69. The molecule has 43 heavy (non-hydrogen) atoms. The molecule has 0 bridgehead atoms. The second-order valence-corrected chi connectivity index (χ2v) is 9.62. The van der Waals surface area contributed by atoms with Gasteiger partial charge >= 0.3 is 23.9 Å². The number of carbonyl (C=O) groups is 4. The van der Waals surface area contributed by atoms with E-state index in [1.165, 1.54) is 0 Å². The van der Waals surface area contributed by atoms with Crippen LogP contribution in [0.4, 0.5) is 0 Å². The minimum Gasteiger partial charge on any atom is -0.459 e. The van der Waals surface area contributed by atoms with Crippen LogP contribution < -0.4 is 0 Å². The average Bonchev–Trinajstić information content (AvgIpc) is 3.07. The summed E-state index contributed by atoms with van der Waals surface area (Å²) in [6.07, 6.45) is -4.83. The Hall–Kier alpha value is -5.28. The zero-order valence-electron chi connectivity index (χ0n) is 22.9. The summed E-state index contributed by atoms with van der Waals surface area (Å²) in [5.41, 5.74) is 1.06. The maximum absolute atomic E-state index is 13.2. The molecule has 4 atom stereocenters. The van der Waals surface area contributed by atoms with Gasteiger partial charge in [-0.1, -0.05) is 72.8 Å². The molecule has 1 saturated heterocycles. The number of rotatable bonds is 9. The zero-order valence-corrected chi connectivity index (χ0v) is 22.9. The lowest BCUT2D eigenvalue weighted by Gasteiger charge is -2.40. The van der Waals surface area contributed by atoms with Crippen molar-refractivity contribution in [3.63, 3.8) is 0 Å². The van der Waals surface area contributed by atoms with E-state index in [2.05, 4.69) is 0 Å². The number of benzene rings is 4. The van der Waals surface area contributed by atoms with Crippen molar-refractivity contribution in [1.29, 1.82) is 0 Å². The largest absolute Gasteiger partial charge is 0.459 e. The van der Waals surface area contributed by atoms with Gasteiger partial charge in [-0.05, 0) is 48.5 Å². The minimum atomic E-state index is -1.31. The molecule has 9 nitrogen and oxygen atoms in total. The van der Waals surface area contributed by atoms with E-state index in [0.717, 1.165) is 0 Å². The molecule has 1 heterocycles. The van der Waals surface area contributed by atoms with Crippen LogP contribution in [0.1, 0.15) is 41.4 Å². The molecule has 0 spiro atoms. The van der Waals surface area contributed by atoms with Crippen LogP contribution in [0.3, 0.4) is 0 Å². The molecule has 1 aliphatic rings. The van der Waals surface area contributed by atoms with Gasteiger partial charge in [0.15, 0.2) is 18.3 Å². The van der Waals surface area contributed by atoms with Gasteiger partial charge in [0.2, 0.25) is 0 Å². The predicted molar refractivity (Wildman–Crippen MR) is 153 cm³/mol. The molecular weight excluding hydrogens is 552 g/mol. The molecule has 0 N–H and O–H groups in total. The summed E-state index contributed by atoms with van der Waals surface area (Å²) in [7, 11) is 0. The van der Waals surface area contributed by atoms with Crippen LogP contribution >= 0.6 is 0 Å². The third kappa shape index (κ3) is 7.52. The fourth-order valence-corrected chi connectivity index (χ4v) is 4.49. The van der Waals surface area contributed by atoms with E-state index in [9.17, 15) is 19.2 Å². The van der Waals surface area contributed by atoms with Crippen molar-refractivity contribution in [3.8, 4) is 0 Å². The van der Waals surface area contributed by atoms with Crippen molar-refractivity contribution in [2.75, 3.05) is 13.2 Å². The van der Waals surface area contributed by atoms with Gasteiger partial charge < -0.3 is 23.7 Å². The minimum absolute atomic E-state index is 0.224. The molecule has 0 saturated carbocycles. The quantitative estimate of drug-likeness (QED) is 0.201. The molecule has 0 aromatic heterocycles. The normalized spacial score (nSPS) is 19.4. The van der Waals surface area contributed by atoms with Gasteiger partial charge in [0.1, 0.15) is 12.7 Å². The number of carbonyl (C=O) groups excluding carboxylic acids is 4. The zero-order chi connectivity index (χ0) is 30.0. The molecule has 0 aliphatic carbocycles. The summed E-state index contributed by atoms with van der Waals surface area (Å²) in [6.45, 7) is -0.558. The van der Waals surface area contributed by atoms with E-state index in [4.69, 9.17) is 23.7 Å². The maximum atomic E-state index is 13.2. The number of hydrogen-bond acceptors (Lipinski definition) is 9. The van der Waals surface area contributed by atoms with E-state index in [0.29, 0.717) is 5.56 Å². The van der Waals surface area contributed by atoms with Crippen molar-refractivity contribution in [3.05, 3.63) is 144 Å². The molecule has 1 fully saturated rings. The van der Waals surface area contributed by atoms with Gasteiger partial charge in [-0.15, -0.1) is 0 Å². The standard InChI is InChI=1S/C34H28O9/c35-31(23-13-5-1-6-14-23)40-21-27-29(42-33(37)25-17-9-3-10-18-25)30(43-34(38)26-19-11-4-12-20-26)28(22-39-27)41-32(36)24-15-7-2-8-16-24/h1-20,27-30H,21-22H2. The molecule has 4 aromatic carbocycles. The highest BCUT2D eigenvalue weighted by atomic mass is 16.7. The molecule has 4 unspecified atom stereocenters. The van der Waals surface area contributed by atoms with Gasteiger partial charge in [-0.3, -0.25) is 0 Å². The van der Waals surface area contributed by atoms with Crippen LogP contribution in [-0.4, -0.2) is 61.5 Å². The Morgan fingerprint density at radius 1 is 0.512 bits per heavy atom. The van der Waals surface area contributed by atoms with Crippen molar-refractivity contribution in [2.24, 2.45) is 0 Å². The third-order valence-corrected chi connectivity index (χ3v) is 6.69. The summed E-state index contributed by atoms with van der Waals surface area (Å²) in [6, 6.07) is 33.1. The van der Waals surface area contributed by atoms with Crippen molar-refractivity contribution >= 4 is 23.9 Å². The summed E-state index contributed by atoms with van der Waals surface area (Å²) >= 11 is 0. The van der Waals surface area contributed by atoms with Crippen LogP contribution in [-0.2, 0) is 23.7 Å². The van der Waals surface area contributed by atoms with E-state index in [1.54, 1.807) is 121 Å². The first-order valence-corrected chi connectivity index (χ1v) is 13.6. The second-order valence-electron chi connectivity index (χ2n) is 9.62. The molecule has 0 amide bonds. The van der Waals surface area contributed by atoms with E-state index >= 15 is 0 Å². The molecule has 0 radical (unpaired) electrons. The van der Waals surface area contributed by atoms with Crippen molar-refractivity contribution in [2.45, 2.75) is 24.4 Å². The highest BCUT2D eigenvalue weighted by Gasteiger charge is 2.48. The summed E-state index contributed by atoms with van der Waals surface area (Å²) in [4.78, 5) is 52.2. The van der Waals surface area contributed by atoms with Crippen molar-refractivity contribution in [1.82, 2.24) is 0 Å². The Balaban J connectivity index is 1.44. The summed E-state index contributed by atoms with van der Waals surface area (Å²) in [5.74, 6) is -2.76. The fraction of sp³-hybridized carbons (Fsp3) is 0.176. The Morgan fingerprint density at radius 2 is 0.884 bits per heavy atom. The summed E-state index contributed by atoms with van der Waals surface area (Å²) in [5, 5.41) is 0. The van der Waals surface area contributed by atoms with Crippen LogP contribution in [0, 0.1) is 0 Å². The highest BCUT2D eigenvalue weighted by molar-refractivity contribution is 5.91. The van der Waals surface area contributed by atoms with Gasteiger partial charge in [-0.2, -0.15) is 0 Å². The SMILES string of the molecule is O=C(OCC1OCC(OC(=O)c2ccccc2)C(OC(=O)c2ccccc2)C1OC(=O)c1ccccc1)c1ccccc1. The average molecular weight is 581 g/mol. The lowest BCUT2D eigenvalue weighted by Crippen LogP contribution is -2.59. The molecular formula is C34H28O9. The van der Waals surface area contributed by atoms with Gasteiger partial charge in [0, 0.05) is 0 Å². The maximum Gasteiger partial charge on any atom is 0.338 e. The van der Waals surface area contributed by atoms with Crippen LogP contribution in [0.2, 0.25) is 0 Å². The topological polar surface area (TPSA) is 114 Å². The molecule has 1 aliphatic heterocycles. The second kappa shape index (κ2) is 14.1. The lowest BCUT2D eigenvalue weighted by atomic mass is 9.99. The number of esters is 4. The first kappa shape index (κ1) is 29.2. The van der Waals surface area contributed by atoms with E-state index < -0.39 is 48.3 Å². The molecule has 5 rings (SSSR count). The fourth-order valence-electron chi connectivity index (χ4n) is 4.49. The van der Waals surface area contributed by atoms with Gasteiger partial charge in [0.05, 0.1) is 28.9 Å². The highest BCUT2D eigenvalue weighted by Crippen LogP contribution is 2.27. The van der Waals surface area contributed by atoms with E-state index in [-0.39, 0.29) is 29.9 Å². The first-order valence-electron chi connectivity index (χ1n) is 13.6. The van der Waals surface area contributed by atoms with E-state index in [1.807, 2.05) is 0 Å². The molecule has 4 aromatic rings. The lowest BCUT2D eigenvalue weighted by molar-refractivity contribution is -0.197. The van der Waals surface area contributed by atoms with Crippen molar-refractivity contribution < 1.29 is 42.9 Å². The van der Waals surface area contributed by atoms with Gasteiger partial charge in [0.25, 0.3) is 0 Å². The monoisotopic (exact) mass is 580 g/mol. The van der Waals surface area contributed by atoms with Crippen LogP contribution in [0.15, 0.2) is 121 Å². The Labute approximate surface area is 247 Å². The van der Waals surface area contributed by atoms with Crippen LogP contribution in [0.25, 0.3) is 0 Å².